The highest BCUT2D eigenvalue weighted by atomic mass is 16.5. The number of ketones is 1. The lowest BCUT2D eigenvalue weighted by Gasteiger charge is -2.24. The van der Waals surface area contributed by atoms with Crippen LogP contribution in [-0.4, -0.2) is 47.6 Å². The molecule has 1 aliphatic heterocycles. The highest BCUT2D eigenvalue weighted by molar-refractivity contribution is 6.51. The van der Waals surface area contributed by atoms with Crippen molar-refractivity contribution < 1.29 is 28.9 Å². The Morgan fingerprint density at radius 1 is 0.976 bits per heavy atom. The SMILES string of the molecule is COc1ccc(C2/C(=C(\O)c3ccc(OCC(C)C)c(C)c3)C(=O)C(=O)N2c2nc3ccc(C)cc3[nH]2)cc1OC. The quantitative estimate of drug-likeness (QED) is 0.159. The Bertz CT molecular complexity index is 1690. The summed E-state index contributed by atoms with van der Waals surface area (Å²) in [6, 6.07) is 15.0. The number of benzene rings is 3. The summed E-state index contributed by atoms with van der Waals surface area (Å²) in [5.74, 6) is 0.203. The van der Waals surface area contributed by atoms with E-state index < -0.39 is 17.7 Å². The van der Waals surface area contributed by atoms with E-state index in [4.69, 9.17) is 14.2 Å². The van der Waals surface area contributed by atoms with Gasteiger partial charge in [0.25, 0.3) is 5.78 Å². The van der Waals surface area contributed by atoms with Gasteiger partial charge in [0.15, 0.2) is 11.5 Å². The number of nitrogens with zero attached hydrogens (tertiary/aromatic N) is 2. The van der Waals surface area contributed by atoms with Crippen LogP contribution in [0.2, 0.25) is 0 Å². The predicted molar refractivity (Wildman–Crippen MR) is 157 cm³/mol. The number of nitrogens with one attached hydrogen (secondary N) is 1. The number of carbonyl (C=O) groups excluding carboxylic acids is 2. The van der Waals surface area contributed by atoms with Gasteiger partial charge in [-0.05, 0) is 78.9 Å². The van der Waals surface area contributed by atoms with Crippen molar-refractivity contribution >= 4 is 34.4 Å². The molecule has 2 N–H and O–H groups in total. The number of rotatable bonds is 8. The lowest BCUT2D eigenvalue weighted by Crippen LogP contribution is -2.30. The fraction of sp³-hybridized carbons (Fsp3) is 0.281. The lowest BCUT2D eigenvalue weighted by atomic mass is 9.94. The van der Waals surface area contributed by atoms with Gasteiger partial charge in [0.1, 0.15) is 11.5 Å². The summed E-state index contributed by atoms with van der Waals surface area (Å²) in [6.45, 7) is 8.50. The standard InChI is InChI=1S/C32H33N3O6/c1-17(2)16-41-24-11-9-21(14-19(24)4)29(36)27-28(20-8-12-25(39-5)26(15-20)40-6)35(31(38)30(27)37)32-33-22-10-7-18(3)13-23(22)34-32/h7-15,17,28,36H,16H2,1-6H3,(H,33,34)/b29-27+. The second-order valence-electron chi connectivity index (χ2n) is 10.5. The van der Waals surface area contributed by atoms with E-state index in [0.29, 0.717) is 46.4 Å². The van der Waals surface area contributed by atoms with Crippen LogP contribution in [0, 0.1) is 19.8 Å². The fourth-order valence-electron chi connectivity index (χ4n) is 4.98. The third-order valence-electron chi connectivity index (χ3n) is 7.04. The number of aliphatic hydroxyl groups excluding tert-OH is 1. The molecule has 1 fully saturated rings. The first kappa shape index (κ1) is 27.8. The Morgan fingerprint density at radius 2 is 1.71 bits per heavy atom. The number of H-pyrrole nitrogens is 1. The average Bonchev–Trinajstić information content (AvgIpc) is 3.48. The Balaban J connectivity index is 1.68. The summed E-state index contributed by atoms with van der Waals surface area (Å²) in [6.07, 6.45) is 0. The van der Waals surface area contributed by atoms with Crippen LogP contribution in [0.25, 0.3) is 16.8 Å². The van der Waals surface area contributed by atoms with Gasteiger partial charge in [-0.25, -0.2) is 4.98 Å². The van der Waals surface area contributed by atoms with E-state index >= 15 is 0 Å². The number of ether oxygens (including phenoxy) is 3. The molecule has 1 aliphatic rings. The second kappa shape index (κ2) is 11.0. The number of aromatic amines is 1. The number of amides is 1. The van der Waals surface area contributed by atoms with Gasteiger partial charge in [-0.1, -0.05) is 26.0 Å². The number of aromatic nitrogens is 2. The van der Waals surface area contributed by atoms with Gasteiger partial charge in [0.05, 0.1) is 43.5 Å². The molecule has 0 radical (unpaired) electrons. The number of aliphatic hydroxyl groups is 1. The molecule has 1 amide bonds. The monoisotopic (exact) mass is 555 g/mol. The molecule has 0 saturated carbocycles. The fourth-order valence-corrected chi connectivity index (χ4v) is 4.98. The van der Waals surface area contributed by atoms with Crippen LogP contribution >= 0.6 is 0 Å². The molecule has 1 atom stereocenters. The Kier molecular flexibility index (Phi) is 7.45. The van der Waals surface area contributed by atoms with Gasteiger partial charge in [0, 0.05) is 5.56 Å². The Hall–Kier alpha value is -4.79. The third kappa shape index (κ3) is 5.11. The molecule has 41 heavy (non-hydrogen) atoms. The average molecular weight is 556 g/mol. The van der Waals surface area contributed by atoms with Crippen molar-refractivity contribution in [2.75, 3.05) is 25.7 Å². The number of Topliss-reactive ketones (excluding diaryl/α,β-unsaturated/α-hetero) is 1. The van der Waals surface area contributed by atoms with E-state index in [2.05, 4.69) is 23.8 Å². The first-order valence-electron chi connectivity index (χ1n) is 13.4. The number of hydrogen-bond acceptors (Lipinski definition) is 7. The molecule has 0 aliphatic carbocycles. The van der Waals surface area contributed by atoms with Gasteiger partial charge in [-0.2, -0.15) is 0 Å². The van der Waals surface area contributed by atoms with Crippen LogP contribution in [0.15, 0.2) is 60.2 Å². The number of methoxy groups -OCH3 is 2. The van der Waals surface area contributed by atoms with Crippen LogP contribution in [0.1, 0.15) is 42.1 Å². The van der Waals surface area contributed by atoms with Crippen LogP contribution in [0.4, 0.5) is 5.95 Å². The molecule has 0 bridgehead atoms. The van der Waals surface area contributed by atoms with E-state index in [-0.39, 0.29) is 17.3 Å². The molecule has 1 saturated heterocycles. The summed E-state index contributed by atoms with van der Waals surface area (Å²) in [5.41, 5.74) is 4.04. The minimum absolute atomic E-state index is 0.0610. The molecule has 3 aromatic carbocycles. The smallest absolute Gasteiger partial charge is 0.302 e. The van der Waals surface area contributed by atoms with E-state index in [1.165, 1.54) is 19.1 Å². The molecular weight excluding hydrogens is 522 g/mol. The summed E-state index contributed by atoms with van der Waals surface area (Å²) in [7, 11) is 3.03. The first-order valence-corrected chi connectivity index (χ1v) is 13.4. The number of hydrogen-bond donors (Lipinski definition) is 2. The van der Waals surface area contributed by atoms with Crippen LogP contribution < -0.4 is 19.1 Å². The van der Waals surface area contributed by atoms with Crippen LogP contribution in [-0.2, 0) is 9.59 Å². The van der Waals surface area contributed by atoms with E-state index in [0.717, 1.165) is 16.6 Å². The highest BCUT2D eigenvalue weighted by Crippen LogP contribution is 2.44. The maximum atomic E-state index is 13.6. The second-order valence-corrected chi connectivity index (χ2v) is 10.5. The maximum Gasteiger partial charge on any atom is 0.302 e. The van der Waals surface area contributed by atoms with Gasteiger partial charge in [0.2, 0.25) is 5.95 Å². The van der Waals surface area contributed by atoms with Gasteiger partial charge in [-0.3, -0.25) is 14.5 Å². The minimum Gasteiger partial charge on any atom is -0.507 e. The topological polar surface area (TPSA) is 114 Å². The summed E-state index contributed by atoms with van der Waals surface area (Å²) in [4.78, 5) is 36.3. The summed E-state index contributed by atoms with van der Waals surface area (Å²) < 4.78 is 16.8. The number of imidazole rings is 1. The molecule has 9 heteroatoms. The largest absolute Gasteiger partial charge is 0.507 e. The minimum atomic E-state index is -0.992. The van der Waals surface area contributed by atoms with E-state index in [1.807, 2.05) is 32.0 Å². The van der Waals surface area contributed by atoms with Crippen molar-refractivity contribution in [1.82, 2.24) is 9.97 Å². The zero-order valence-corrected chi connectivity index (χ0v) is 23.9. The van der Waals surface area contributed by atoms with Crippen LogP contribution in [0.5, 0.6) is 17.2 Å². The van der Waals surface area contributed by atoms with Gasteiger partial charge in [-0.15, -0.1) is 0 Å². The Labute approximate surface area is 238 Å². The molecule has 2 heterocycles. The molecule has 212 valence electrons. The molecule has 0 spiro atoms. The highest BCUT2D eigenvalue weighted by Gasteiger charge is 2.48. The molecule has 1 aromatic heterocycles. The summed E-state index contributed by atoms with van der Waals surface area (Å²) in [5, 5.41) is 11.6. The zero-order chi connectivity index (χ0) is 29.4. The normalized spacial score (nSPS) is 16.6. The maximum absolute atomic E-state index is 13.6. The van der Waals surface area contributed by atoms with Crippen LogP contribution in [0.3, 0.4) is 0 Å². The number of fused-ring (bicyclic) bond motifs is 1. The molecular formula is C32H33N3O6. The van der Waals surface area contributed by atoms with Crippen molar-refractivity contribution in [2.24, 2.45) is 5.92 Å². The Morgan fingerprint density at radius 3 is 2.39 bits per heavy atom. The zero-order valence-electron chi connectivity index (χ0n) is 23.9. The van der Waals surface area contributed by atoms with Gasteiger partial charge >= 0.3 is 5.91 Å². The van der Waals surface area contributed by atoms with E-state index in [9.17, 15) is 14.7 Å². The summed E-state index contributed by atoms with van der Waals surface area (Å²) >= 11 is 0. The van der Waals surface area contributed by atoms with Crippen molar-refractivity contribution in [3.05, 3.63) is 82.4 Å². The first-order chi connectivity index (χ1) is 19.6. The van der Waals surface area contributed by atoms with Crippen molar-refractivity contribution in [1.29, 1.82) is 0 Å². The molecule has 9 nitrogen and oxygen atoms in total. The third-order valence-corrected chi connectivity index (χ3v) is 7.04. The number of carbonyl (C=O) groups is 2. The molecule has 5 rings (SSSR count). The molecule has 4 aromatic rings. The van der Waals surface area contributed by atoms with Gasteiger partial charge < -0.3 is 24.3 Å². The number of anilines is 1. The lowest BCUT2D eigenvalue weighted by molar-refractivity contribution is -0.132. The van der Waals surface area contributed by atoms with Crippen molar-refractivity contribution in [3.63, 3.8) is 0 Å². The predicted octanol–water partition coefficient (Wildman–Crippen LogP) is 5.86. The molecule has 1 unspecified atom stereocenters. The van der Waals surface area contributed by atoms with E-state index in [1.54, 1.807) is 36.4 Å². The number of aryl methyl sites for hydroxylation is 2. The van der Waals surface area contributed by atoms with Crippen molar-refractivity contribution in [2.45, 2.75) is 33.7 Å². The van der Waals surface area contributed by atoms with Crippen molar-refractivity contribution in [3.8, 4) is 17.2 Å².